The molecule has 4 aromatic carbocycles. The van der Waals surface area contributed by atoms with Crippen molar-refractivity contribution in [2.24, 2.45) is 20.5 Å². The summed E-state index contributed by atoms with van der Waals surface area (Å²) in [4.78, 5) is 9.19. The Bertz CT molecular complexity index is 2850. The number of ether oxygens (including phenoxy) is 1. The van der Waals surface area contributed by atoms with Crippen molar-refractivity contribution in [3.63, 3.8) is 0 Å². The zero-order valence-corrected chi connectivity index (χ0v) is 49.7. The van der Waals surface area contributed by atoms with E-state index >= 15 is 0 Å². The number of benzene rings is 4. The Balaban J connectivity index is -0.00000683. The van der Waals surface area contributed by atoms with Crippen LogP contribution in [0.1, 0.15) is 17.8 Å². The molecule has 0 atom stereocenters. The number of hydrogen-bond donors (Lipinski definition) is 2. The van der Waals surface area contributed by atoms with E-state index in [2.05, 4.69) is 43.4 Å². The molecule has 4 aromatic rings. The first-order chi connectivity index (χ1) is 28.5. The van der Waals surface area contributed by atoms with E-state index in [-0.39, 0.29) is 206 Å². The number of nitrogens with zero attached hydrogens (tertiary/aromatic N) is 4. The molecule has 3 N–H and O–H groups in total. The number of phenols is 1. The summed E-state index contributed by atoms with van der Waals surface area (Å²) in [6.07, 6.45) is 0. The number of anilines is 1. The van der Waals surface area contributed by atoms with Crippen LogP contribution in [0.4, 0.5) is 28.4 Å². The Morgan fingerprint density at radius 1 is 0.746 bits per heavy atom. The molecule has 0 saturated carbocycles. The smallest absolute Gasteiger partial charge is 0.744 e. The fraction of sp³-hybridized carbons (Fsp3) is 0.207. The van der Waals surface area contributed by atoms with E-state index < -0.39 is 120 Å². The number of sulfone groups is 2. The first-order valence-corrected chi connectivity index (χ1v) is 22.9. The molecule has 0 radical (unpaired) electrons. The summed E-state index contributed by atoms with van der Waals surface area (Å²) in [7, 11) is -18.4. The number of carbonyl (C=O) groups is 1. The van der Waals surface area contributed by atoms with Crippen LogP contribution >= 0.6 is 24.4 Å². The molecule has 67 heavy (non-hydrogen) atoms. The number of carboxylic acids is 1. The minimum absolute atomic E-state index is 0. The largest absolute Gasteiger partial charge is 1.00 e. The molecule has 0 bridgehead atoms. The number of nitrogen functional groups attached to an aromatic ring is 1. The van der Waals surface area contributed by atoms with E-state index in [0.717, 1.165) is 24.3 Å². The van der Waals surface area contributed by atoms with E-state index in [1.54, 1.807) is 0 Å². The standard InChI is InChI=1S/C28H27N5O22S6.CH4.5Na/c1-49-20-5-3-16(58(39,40)8-6-50-57-55-53-38)13-19(20)31-32-25-21(56-54-52-37)10-14-11-22(60(43,44)45)26(24(29)23(14)27(25)34)33-30-18-12-15(2-4-17(18)28(35)36)59(41,42)9-7-51-61(46,47)48;;;;;;/h2-5,10-13,34,37-38H,6-9,29H2,1H3,(H,35,36)(H,43,44,45)(H,46,47,48);1H4;;;;;/q;;5*+1/p-5. The average Bonchev–Trinajstić information content (AvgIpc) is 3.17. The van der Waals surface area contributed by atoms with Gasteiger partial charge in [0.25, 0.3) is 0 Å². The van der Waals surface area contributed by atoms with E-state index in [9.17, 15) is 68.3 Å². The third-order valence-corrected chi connectivity index (χ3v) is 13.1. The normalized spacial score (nSPS) is 11.7. The van der Waals surface area contributed by atoms with Crippen molar-refractivity contribution < 1.29 is 248 Å². The summed E-state index contributed by atoms with van der Waals surface area (Å²) in [6.45, 7) is -1.61. The van der Waals surface area contributed by atoms with Gasteiger partial charge in [-0.1, -0.05) is 7.43 Å². The van der Waals surface area contributed by atoms with Crippen molar-refractivity contribution in [3.05, 3.63) is 54.1 Å². The number of nitrogens with two attached hydrogens (primary N) is 1. The van der Waals surface area contributed by atoms with E-state index in [0.29, 0.717) is 18.2 Å². The number of carboxylic acid groups (broad SMARTS) is 1. The SMILES string of the molecule is C.COc1ccc(S(=O)(=O)CCOSOO[O-])cc1N=Nc1c(SOO[O-])cc2cc(S(=O)(=O)[O-])c(N=Nc3cc(S(=O)(=O)CCOS(=O)(=O)[O-])ccc3C(=O)[O-])c(N)c2c1O.[Na+].[Na+].[Na+].[Na+].[Na+]. The molecule has 0 aliphatic heterocycles. The molecule has 0 aromatic heterocycles. The minimum Gasteiger partial charge on any atom is -0.744 e. The predicted octanol–water partition coefficient (Wildman–Crippen LogP) is -14.1. The molecule has 0 fully saturated rings. The first kappa shape index (κ1) is 71.6. The third kappa shape index (κ3) is 20.3. The Morgan fingerprint density at radius 3 is 1.82 bits per heavy atom. The molecule has 27 nitrogen and oxygen atoms in total. The monoisotopic (exact) mass is 1100 g/mol. The summed E-state index contributed by atoms with van der Waals surface area (Å²) in [5.74, 6) is -4.78. The summed E-state index contributed by atoms with van der Waals surface area (Å²) < 4.78 is 143. The van der Waals surface area contributed by atoms with Crippen molar-refractivity contribution in [3.8, 4) is 11.5 Å². The molecule has 0 spiro atoms. The fourth-order valence-corrected chi connectivity index (χ4v) is 8.89. The second-order valence-corrected chi connectivity index (χ2v) is 18.9. The Hall–Kier alpha value is 0.310. The maximum Gasteiger partial charge on any atom is 1.00 e. The molecule has 4 rings (SSSR count). The van der Waals surface area contributed by atoms with Crippen LogP contribution in [0.2, 0.25) is 0 Å². The van der Waals surface area contributed by atoms with Gasteiger partial charge in [0.2, 0.25) is 10.4 Å². The molecule has 0 aliphatic rings. The number of methoxy groups -OCH3 is 1. The van der Waals surface area contributed by atoms with Gasteiger partial charge in [-0.25, -0.2) is 33.7 Å². The van der Waals surface area contributed by atoms with Gasteiger partial charge in [0.1, 0.15) is 32.9 Å². The maximum absolute atomic E-state index is 12.9. The van der Waals surface area contributed by atoms with Gasteiger partial charge in [-0.05, 0) is 53.9 Å². The van der Waals surface area contributed by atoms with Gasteiger partial charge in [-0.3, -0.25) is 18.4 Å². The number of aromatic hydroxyl groups is 1. The van der Waals surface area contributed by atoms with Crippen LogP contribution in [0.5, 0.6) is 11.5 Å². The Kier molecular flexibility index (Phi) is 34.0. The van der Waals surface area contributed by atoms with Crippen LogP contribution in [0.3, 0.4) is 0 Å². The van der Waals surface area contributed by atoms with E-state index in [4.69, 9.17) is 14.7 Å². The third-order valence-electron chi connectivity index (χ3n) is 7.43. The van der Waals surface area contributed by atoms with Crippen LogP contribution in [0.15, 0.2) is 88.6 Å². The van der Waals surface area contributed by atoms with Gasteiger partial charge in [0, 0.05) is 5.56 Å². The van der Waals surface area contributed by atoms with E-state index in [1.807, 2.05) is 0 Å². The van der Waals surface area contributed by atoms with Gasteiger partial charge < -0.3 is 45.1 Å². The molecule has 0 unspecified atom stereocenters. The number of carbonyl (C=O) groups excluding carboxylic acids is 1. The molecule has 38 heteroatoms. The number of rotatable bonds is 22. The van der Waals surface area contributed by atoms with Crippen LogP contribution in [-0.4, -0.2) is 85.7 Å². The van der Waals surface area contributed by atoms with Crippen LogP contribution < -0.4 is 174 Å². The predicted molar refractivity (Wildman–Crippen MR) is 200 cm³/mol. The number of fused-ring (bicyclic) bond motifs is 1. The summed E-state index contributed by atoms with van der Waals surface area (Å²) >= 11 is 0.156. The number of hydrogen-bond acceptors (Lipinski definition) is 29. The minimum atomic E-state index is -5.59. The van der Waals surface area contributed by atoms with Crippen molar-refractivity contribution in [1.82, 2.24) is 0 Å². The molecule has 0 amide bonds. The number of aromatic carboxylic acids is 1. The van der Waals surface area contributed by atoms with Crippen molar-refractivity contribution in [1.29, 1.82) is 0 Å². The molecule has 0 aliphatic carbocycles. The van der Waals surface area contributed by atoms with Gasteiger partial charge in [0.15, 0.2) is 37.7 Å². The van der Waals surface area contributed by atoms with Gasteiger partial charge >= 0.3 is 148 Å². The van der Waals surface area contributed by atoms with Crippen molar-refractivity contribution in [2.45, 2.75) is 27.0 Å². The van der Waals surface area contributed by atoms with Crippen LogP contribution in [0, 0.1) is 0 Å². The zero-order valence-electron chi connectivity index (χ0n) is 34.8. The summed E-state index contributed by atoms with van der Waals surface area (Å²) in [5, 5.41) is 64.5. The van der Waals surface area contributed by atoms with Crippen molar-refractivity contribution in [2.75, 3.05) is 37.6 Å². The molecular weight excluding hydrogens is 1080 g/mol. The quantitative estimate of drug-likeness (QED) is 0.00849. The summed E-state index contributed by atoms with van der Waals surface area (Å²) in [6, 6.07) is 6.90. The van der Waals surface area contributed by atoms with Gasteiger partial charge in [-0.15, -0.1) is 24.8 Å². The molecular formula is C29H26N5Na5O22S6. The van der Waals surface area contributed by atoms with Crippen molar-refractivity contribution >= 4 is 110 Å². The molecule has 340 valence electrons. The topological polar surface area (TPSA) is 429 Å². The molecule has 0 heterocycles. The average molecular weight is 1100 g/mol. The fourth-order valence-electron chi connectivity index (χ4n) is 4.82. The Morgan fingerprint density at radius 2 is 1.28 bits per heavy atom. The second-order valence-electron chi connectivity index (χ2n) is 11.1. The Labute approximate surface area is 501 Å². The van der Waals surface area contributed by atoms with E-state index in [1.165, 1.54) is 13.2 Å². The van der Waals surface area contributed by atoms with Gasteiger partial charge in [0.05, 0.1) is 86.2 Å². The number of azo groups is 2. The number of phenolic OH excluding ortho intramolecular Hbond substituents is 1. The zero-order chi connectivity index (χ0) is 45.3. The second kappa shape index (κ2) is 31.8. The summed E-state index contributed by atoms with van der Waals surface area (Å²) in [5.41, 5.74) is 1.73. The first-order valence-electron chi connectivity index (χ1n) is 15.4. The molecule has 0 saturated heterocycles. The van der Waals surface area contributed by atoms with Gasteiger partial charge in [-0.2, -0.15) is 4.33 Å². The van der Waals surface area contributed by atoms with Crippen LogP contribution in [-0.2, 0) is 67.3 Å². The van der Waals surface area contributed by atoms with Crippen LogP contribution in [0.25, 0.3) is 10.8 Å². The maximum atomic E-state index is 12.9.